The van der Waals surface area contributed by atoms with Crippen molar-refractivity contribution in [2.75, 3.05) is 6.54 Å². The highest BCUT2D eigenvalue weighted by atomic mass is 32.2. The Morgan fingerprint density at radius 1 is 1.43 bits per heavy atom. The summed E-state index contributed by atoms with van der Waals surface area (Å²) < 4.78 is 32.5. The summed E-state index contributed by atoms with van der Waals surface area (Å²) in [6.45, 7) is 5.40. The van der Waals surface area contributed by atoms with Crippen molar-refractivity contribution in [2.24, 2.45) is 0 Å². The average Bonchev–Trinajstić information content (AvgIpc) is 3.06. The van der Waals surface area contributed by atoms with Gasteiger partial charge in [-0.2, -0.15) is 0 Å². The summed E-state index contributed by atoms with van der Waals surface area (Å²) in [5.74, 6) is 0.767. The monoisotopic (exact) mass is 328 g/mol. The molecule has 2 N–H and O–H groups in total. The molecule has 0 bridgehead atoms. The molecule has 0 radical (unpaired) electrons. The van der Waals surface area contributed by atoms with E-state index in [4.69, 9.17) is 4.42 Å². The largest absolute Gasteiger partial charge is 0.469 e. The number of thiophene rings is 1. The van der Waals surface area contributed by atoms with Gasteiger partial charge in [0.1, 0.15) is 5.76 Å². The minimum Gasteiger partial charge on any atom is -0.469 e. The molecule has 2 aromatic heterocycles. The summed E-state index contributed by atoms with van der Waals surface area (Å²) in [5.41, 5.74) is 0. The van der Waals surface area contributed by atoms with Crippen molar-refractivity contribution in [1.82, 2.24) is 10.0 Å². The molecule has 0 saturated heterocycles. The van der Waals surface area contributed by atoms with E-state index in [2.05, 4.69) is 10.0 Å². The van der Waals surface area contributed by atoms with Crippen LogP contribution in [0.4, 0.5) is 0 Å². The molecule has 0 aliphatic rings. The van der Waals surface area contributed by atoms with Gasteiger partial charge in [-0.25, -0.2) is 13.1 Å². The maximum Gasteiger partial charge on any atom is 0.241 e. The van der Waals surface area contributed by atoms with Gasteiger partial charge < -0.3 is 9.73 Å². The highest BCUT2D eigenvalue weighted by molar-refractivity contribution is 7.89. The first-order valence-electron chi connectivity index (χ1n) is 6.84. The zero-order valence-electron chi connectivity index (χ0n) is 12.1. The highest BCUT2D eigenvalue weighted by Crippen LogP contribution is 2.19. The lowest BCUT2D eigenvalue weighted by Gasteiger charge is -2.12. The zero-order chi connectivity index (χ0) is 15.3. The average molecular weight is 328 g/mol. The van der Waals surface area contributed by atoms with Gasteiger partial charge in [0.05, 0.1) is 11.2 Å². The van der Waals surface area contributed by atoms with E-state index in [9.17, 15) is 8.42 Å². The molecule has 21 heavy (non-hydrogen) atoms. The summed E-state index contributed by atoms with van der Waals surface area (Å²) in [4.78, 5) is 1.34. The van der Waals surface area contributed by atoms with E-state index in [1.54, 1.807) is 23.8 Å². The van der Waals surface area contributed by atoms with Crippen molar-refractivity contribution in [3.63, 3.8) is 0 Å². The third-order valence-corrected chi connectivity index (χ3v) is 5.59. The Bertz CT molecular complexity index is 648. The fraction of sp³-hybridized carbons (Fsp3) is 0.429. The third-order valence-electron chi connectivity index (χ3n) is 2.93. The molecule has 7 heteroatoms. The molecule has 0 spiro atoms. The van der Waals surface area contributed by atoms with Crippen molar-refractivity contribution >= 4 is 21.4 Å². The topological polar surface area (TPSA) is 71.3 Å². The molecule has 2 aromatic rings. The molecular formula is C14H20N2O3S2. The SMILES string of the molecule is CCNCc1cc(S(=O)(=O)NC(C)Cc2ccco2)cs1. The molecule has 0 fully saturated rings. The zero-order valence-corrected chi connectivity index (χ0v) is 13.8. The van der Waals surface area contributed by atoms with Crippen LogP contribution in [0.5, 0.6) is 0 Å². The van der Waals surface area contributed by atoms with Crippen LogP contribution in [0.15, 0.2) is 39.2 Å². The fourth-order valence-corrected chi connectivity index (χ4v) is 4.44. The Morgan fingerprint density at radius 2 is 2.24 bits per heavy atom. The maximum absolute atomic E-state index is 12.3. The number of hydrogen-bond donors (Lipinski definition) is 2. The Hall–Kier alpha value is -1.15. The van der Waals surface area contributed by atoms with Crippen LogP contribution in [-0.4, -0.2) is 21.0 Å². The summed E-state index contributed by atoms with van der Waals surface area (Å²) in [5, 5.41) is 4.86. The second kappa shape index (κ2) is 7.22. The number of rotatable bonds is 8. The Morgan fingerprint density at radius 3 is 2.90 bits per heavy atom. The third kappa shape index (κ3) is 4.67. The molecule has 1 atom stereocenters. The van der Waals surface area contributed by atoms with E-state index in [0.717, 1.165) is 17.2 Å². The first kappa shape index (κ1) is 16.2. The van der Waals surface area contributed by atoms with E-state index in [1.807, 2.05) is 19.9 Å². The van der Waals surface area contributed by atoms with E-state index in [-0.39, 0.29) is 6.04 Å². The first-order valence-corrected chi connectivity index (χ1v) is 9.20. The van der Waals surface area contributed by atoms with Gasteiger partial charge in [-0.15, -0.1) is 11.3 Å². The van der Waals surface area contributed by atoms with Crippen molar-refractivity contribution in [3.05, 3.63) is 40.5 Å². The first-order chi connectivity index (χ1) is 10.0. The van der Waals surface area contributed by atoms with E-state index in [0.29, 0.717) is 17.9 Å². The summed E-state index contributed by atoms with van der Waals surface area (Å²) in [6, 6.07) is 5.13. The lowest BCUT2D eigenvalue weighted by Crippen LogP contribution is -2.33. The summed E-state index contributed by atoms with van der Waals surface area (Å²) >= 11 is 1.45. The minimum absolute atomic E-state index is 0.224. The van der Waals surface area contributed by atoms with Gasteiger partial charge in [0, 0.05) is 29.3 Å². The van der Waals surface area contributed by atoms with Gasteiger partial charge in [0.2, 0.25) is 10.0 Å². The maximum atomic E-state index is 12.3. The lowest BCUT2D eigenvalue weighted by molar-refractivity contribution is 0.479. The van der Waals surface area contributed by atoms with Gasteiger partial charge in [-0.05, 0) is 31.7 Å². The number of furan rings is 1. The Kier molecular flexibility index (Phi) is 5.58. The summed E-state index contributed by atoms with van der Waals surface area (Å²) in [6.07, 6.45) is 2.11. The van der Waals surface area contributed by atoms with Crippen LogP contribution < -0.4 is 10.0 Å². The summed E-state index contributed by atoms with van der Waals surface area (Å²) in [7, 11) is -3.48. The Balaban J connectivity index is 1.98. The van der Waals surface area contributed by atoms with Crippen molar-refractivity contribution in [3.8, 4) is 0 Å². The van der Waals surface area contributed by atoms with Gasteiger partial charge in [-0.1, -0.05) is 6.92 Å². The molecule has 1 unspecified atom stereocenters. The number of nitrogens with one attached hydrogen (secondary N) is 2. The number of hydrogen-bond acceptors (Lipinski definition) is 5. The van der Waals surface area contributed by atoms with Crippen LogP contribution in [0.3, 0.4) is 0 Å². The molecule has 0 aliphatic carbocycles. The number of sulfonamides is 1. The fourth-order valence-electron chi connectivity index (χ4n) is 1.95. The minimum atomic E-state index is -3.48. The van der Waals surface area contributed by atoms with Gasteiger partial charge in [0.15, 0.2) is 0 Å². The smallest absolute Gasteiger partial charge is 0.241 e. The Labute approximate surface area is 129 Å². The van der Waals surface area contributed by atoms with Crippen LogP contribution in [-0.2, 0) is 23.0 Å². The lowest BCUT2D eigenvalue weighted by atomic mass is 10.2. The van der Waals surface area contributed by atoms with Gasteiger partial charge in [-0.3, -0.25) is 0 Å². The molecule has 0 aliphatic heterocycles. The van der Waals surface area contributed by atoms with E-state index >= 15 is 0 Å². The predicted octanol–water partition coefficient (Wildman–Crippen LogP) is 2.36. The predicted molar refractivity (Wildman–Crippen MR) is 83.9 cm³/mol. The second-order valence-corrected chi connectivity index (χ2v) is 7.54. The van der Waals surface area contributed by atoms with Gasteiger partial charge >= 0.3 is 0 Å². The molecule has 2 rings (SSSR count). The quantitative estimate of drug-likeness (QED) is 0.780. The molecule has 116 valence electrons. The molecule has 5 nitrogen and oxygen atoms in total. The normalized spacial score (nSPS) is 13.4. The molecular weight excluding hydrogens is 308 g/mol. The van der Waals surface area contributed by atoms with Crippen molar-refractivity contribution < 1.29 is 12.8 Å². The molecule has 0 amide bonds. The highest BCUT2D eigenvalue weighted by Gasteiger charge is 2.19. The standard InChI is InChI=1S/C14H20N2O3S2/c1-3-15-9-13-8-14(10-20-13)21(17,18)16-11(2)7-12-5-4-6-19-12/h4-6,8,10-11,15-16H,3,7,9H2,1-2H3. The van der Waals surface area contributed by atoms with E-state index in [1.165, 1.54) is 11.3 Å². The van der Waals surface area contributed by atoms with E-state index < -0.39 is 10.0 Å². The van der Waals surface area contributed by atoms with Crippen molar-refractivity contribution in [2.45, 2.75) is 37.8 Å². The second-order valence-electron chi connectivity index (χ2n) is 4.83. The van der Waals surface area contributed by atoms with Crippen LogP contribution in [0.25, 0.3) is 0 Å². The molecule has 0 saturated carbocycles. The van der Waals surface area contributed by atoms with Crippen molar-refractivity contribution in [1.29, 1.82) is 0 Å². The molecule has 0 aromatic carbocycles. The van der Waals surface area contributed by atoms with Crippen LogP contribution in [0, 0.1) is 0 Å². The molecule has 2 heterocycles. The van der Waals surface area contributed by atoms with Gasteiger partial charge in [0.25, 0.3) is 0 Å². The van der Waals surface area contributed by atoms with Crippen LogP contribution in [0.2, 0.25) is 0 Å². The van der Waals surface area contributed by atoms with Crippen LogP contribution in [0.1, 0.15) is 24.5 Å². The van der Waals surface area contributed by atoms with Crippen LogP contribution >= 0.6 is 11.3 Å².